The molecule has 0 unspecified atom stereocenters. The Labute approximate surface area is 128 Å². The van der Waals surface area contributed by atoms with Crippen LogP contribution in [0.25, 0.3) is 0 Å². The van der Waals surface area contributed by atoms with Gasteiger partial charge in [-0.15, -0.1) is 0 Å². The average molecular weight is 317 g/mol. The van der Waals surface area contributed by atoms with Gasteiger partial charge in [-0.3, -0.25) is 4.79 Å². The highest BCUT2D eigenvalue weighted by Gasteiger charge is 2.28. The summed E-state index contributed by atoms with van der Waals surface area (Å²) in [7, 11) is -3.24. The summed E-state index contributed by atoms with van der Waals surface area (Å²) in [5, 5.41) is 2.74. The maximum atomic E-state index is 12.2. The van der Waals surface area contributed by atoms with Gasteiger partial charge in [0.2, 0.25) is 0 Å². The first-order chi connectivity index (χ1) is 10.4. The molecule has 0 radical (unpaired) electrons. The number of benzene rings is 2. The second-order valence-electron chi connectivity index (χ2n) is 5.20. The van der Waals surface area contributed by atoms with Gasteiger partial charge in [0.25, 0.3) is 5.91 Å². The average Bonchev–Trinajstić information content (AvgIpc) is 2.91. The highest BCUT2D eigenvalue weighted by atomic mass is 32.2. The lowest BCUT2D eigenvalue weighted by molar-refractivity contribution is -0.122. The summed E-state index contributed by atoms with van der Waals surface area (Å²) < 4.78 is 28.4. The number of amides is 1. The topological polar surface area (TPSA) is 72.5 Å². The van der Waals surface area contributed by atoms with E-state index >= 15 is 0 Å². The van der Waals surface area contributed by atoms with E-state index in [-0.39, 0.29) is 10.8 Å². The van der Waals surface area contributed by atoms with Crippen LogP contribution in [-0.4, -0.2) is 26.7 Å². The minimum atomic E-state index is -3.24. The fraction of sp³-hybridized carbons (Fsp3) is 0.188. The van der Waals surface area contributed by atoms with Gasteiger partial charge in [-0.25, -0.2) is 8.42 Å². The molecule has 1 N–H and O–H groups in total. The number of sulfone groups is 1. The fourth-order valence-electron chi connectivity index (χ4n) is 2.34. The minimum Gasteiger partial charge on any atom is -0.480 e. The van der Waals surface area contributed by atoms with Crippen molar-refractivity contribution in [2.45, 2.75) is 17.4 Å². The first kappa shape index (κ1) is 14.6. The van der Waals surface area contributed by atoms with Crippen LogP contribution in [-0.2, 0) is 21.1 Å². The molecule has 0 fully saturated rings. The number of ether oxygens (including phenoxy) is 1. The van der Waals surface area contributed by atoms with E-state index in [0.29, 0.717) is 12.1 Å². The van der Waals surface area contributed by atoms with Crippen molar-refractivity contribution in [1.29, 1.82) is 0 Å². The molecule has 0 aromatic heterocycles. The van der Waals surface area contributed by atoms with Gasteiger partial charge < -0.3 is 10.1 Å². The Hall–Kier alpha value is -2.34. The predicted octanol–water partition coefficient (Wildman–Crippen LogP) is 2.03. The summed E-state index contributed by atoms with van der Waals surface area (Å²) in [6.07, 6.45) is 1.11. The van der Waals surface area contributed by atoms with E-state index in [9.17, 15) is 13.2 Å². The second kappa shape index (κ2) is 5.46. The van der Waals surface area contributed by atoms with E-state index in [1.807, 2.05) is 24.3 Å². The van der Waals surface area contributed by atoms with Gasteiger partial charge >= 0.3 is 0 Å². The summed E-state index contributed by atoms with van der Waals surface area (Å²) in [5.41, 5.74) is 1.55. The summed E-state index contributed by atoms with van der Waals surface area (Å²) in [4.78, 5) is 12.4. The van der Waals surface area contributed by atoms with Crippen molar-refractivity contribution < 1.29 is 17.9 Å². The first-order valence-corrected chi connectivity index (χ1v) is 8.68. The number of para-hydroxylation sites is 1. The van der Waals surface area contributed by atoms with E-state index < -0.39 is 15.9 Å². The molecule has 1 amide bonds. The molecule has 5 nitrogen and oxygen atoms in total. The molecule has 114 valence electrons. The first-order valence-electron chi connectivity index (χ1n) is 6.79. The van der Waals surface area contributed by atoms with Gasteiger partial charge in [0.05, 0.1) is 4.90 Å². The Bertz CT molecular complexity index is 787. The molecule has 2 aromatic rings. The van der Waals surface area contributed by atoms with Gasteiger partial charge in [0, 0.05) is 18.4 Å². The minimum absolute atomic E-state index is 0.218. The molecular formula is C16H15NO4S. The third kappa shape index (κ3) is 2.96. The van der Waals surface area contributed by atoms with E-state index in [4.69, 9.17) is 4.74 Å². The van der Waals surface area contributed by atoms with Gasteiger partial charge in [-0.2, -0.15) is 0 Å². The van der Waals surface area contributed by atoms with Crippen molar-refractivity contribution in [2.75, 3.05) is 11.6 Å². The third-order valence-electron chi connectivity index (χ3n) is 3.49. The number of anilines is 1. The largest absolute Gasteiger partial charge is 0.480 e. The SMILES string of the molecule is CS(=O)(=O)c1ccc(NC(=O)[C@@H]2Cc3ccccc3O2)cc1. The molecule has 3 rings (SSSR count). The zero-order valence-corrected chi connectivity index (χ0v) is 12.8. The van der Waals surface area contributed by atoms with Gasteiger partial charge in [0.1, 0.15) is 5.75 Å². The van der Waals surface area contributed by atoms with E-state index in [1.165, 1.54) is 12.1 Å². The van der Waals surface area contributed by atoms with Crippen LogP contribution >= 0.6 is 0 Å². The van der Waals surface area contributed by atoms with Gasteiger partial charge in [-0.1, -0.05) is 18.2 Å². The molecular weight excluding hydrogens is 302 g/mol. The van der Waals surface area contributed by atoms with Crippen molar-refractivity contribution in [2.24, 2.45) is 0 Å². The molecule has 2 aromatic carbocycles. The zero-order valence-electron chi connectivity index (χ0n) is 11.9. The maximum Gasteiger partial charge on any atom is 0.265 e. The normalized spacial score (nSPS) is 16.7. The molecule has 0 aliphatic carbocycles. The Morgan fingerprint density at radius 1 is 1.14 bits per heavy atom. The van der Waals surface area contributed by atoms with Crippen molar-refractivity contribution in [3.63, 3.8) is 0 Å². The number of rotatable bonds is 3. The number of carbonyl (C=O) groups is 1. The molecule has 0 bridgehead atoms. The molecule has 0 spiro atoms. The van der Waals surface area contributed by atoms with Crippen molar-refractivity contribution in [3.05, 3.63) is 54.1 Å². The van der Waals surface area contributed by atoms with Crippen LogP contribution in [0.3, 0.4) is 0 Å². The number of fused-ring (bicyclic) bond motifs is 1. The molecule has 22 heavy (non-hydrogen) atoms. The predicted molar refractivity (Wildman–Crippen MR) is 82.7 cm³/mol. The van der Waals surface area contributed by atoms with Crippen LogP contribution in [0.4, 0.5) is 5.69 Å². The standard InChI is InChI=1S/C16H15NO4S/c1-22(19,20)13-8-6-12(7-9-13)17-16(18)15-10-11-4-2-3-5-14(11)21-15/h2-9,15H,10H2,1H3,(H,17,18)/t15-/m0/s1. The molecule has 1 aliphatic heterocycles. The maximum absolute atomic E-state index is 12.2. The number of carbonyl (C=O) groups excluding carboxylic acids is 1. The smallest absolute Gasteiger partial charge is 0.265 e. The van der Waals surface area contributed by atoms with Crippen molar-refractivity contribution >= 4 is 21.4 Å². The van der Waals surface area contributed by atoms with Crippen LogP contribution in [0.15, 0.2) is 53.4 Å². The lowest BCUT2D eigenvalue weighted by atomic mass is 10.1. The number of hydrogen-bond acceptors (Lipinski definition) is 4. The third-order valence-corrected chi connectivity index (χ3v) is 4.62. The quantitative estimate of drug-likeness (QED) is 0.940. The van der Waals surface area contributed by atoms with Gasteiger partial charge in [-0.05, 0) is 35.9 Å². The molecule has 0 saturated heterocycles. The van der Waals surface area contributed by atoms with Crippen LogP contribution in [0.1, 0.15) is 5.56 Å². The summed E-state index contributed by atoms with van der Waals surface area (Å²) in [6.45, 7) is 0. The summed E-state index contributed by atoms with van der Waals surface area (Å²) >= 11 is 0. The molecule has 1 heterocycles. The highest BCUT2D eigenvalue weighted by Crippen LogP contribution is 2.28. The van der Waals surface area contributed by atoms with Crippen LogP contribution in [0, 0.1) is 0 Å². The molecule has 1 aliphatic rings. The highest BCUT2D eigenvalue weighted by molar-refractivity contribution is 7.90. The molecule has 1 atom stereocenters. The molecule has 6 heteroatoms. The number of hydrogen-bond donors (Lipinski definition) is 1. The lowest BCUT2D eigenvalue weighted by Gasteiger charge is -2.11. The Balaban J connectivity index is 1.68. The van der Waals surface area contributed by atoms with E-state index in [2.05, 4.69) is 5.32 Å². The van der Waals surface area contributed by atoms with Crippen molar-refractivity contribution in [1.82, 2.24) is 0 Å². The van der Waals surface area contributed by atoms with E-state index in [1.54, 1.807) is 12.1 Å². The second-order valence-corrected chi connectivity index (χ2v) is 7.22. The van der Waals surface area contributed by atoms with Gasteiger partial charge in [0.15, 0.2) is 15.9 Å². The summed E-state index contributed by atoms with van der Waals surface area (Å²) in [5.74, 6) is 0.485. The summed E-state index contributed by atoms with van der Waals surface area (Å²) in [6, 6.07) is 13.6. The monoisotopic (exact) mass is 317 g/mol. The van der Waals surface area contributed by atoms with Crippen molar-refractivity contribution in [3.8, 4) is 5.75 Å². The Morgan fingerprint density at radius 3 is 2.45 bits per heavy atom. The molecule has 0 saturated carbocycles. The Kier molecular flexibility index (Phi) is 3.62. The Morgan fingerprint density at radius 2 is 1.82 bits per heavy atom. The van der Waals surface area contributed by atoms with Crippen LogP contribution < -0.4 is 10.1 Å². The van der Waals surface area contributed by atoms with E-state index in [0.717, 1.165) is 17.6 Å². The fourth-order valence-corrected chi connectivity index (χ4v) is 2.97. The van der Waals surface area contributed by atoms with Crippen LogP contribution in [0.2, 0.25) is 0 Å². The van der Waals surface area contributed by atoms with Crippen LogP contribution in [0.5, 0.6) is 5.75 Å². The number of nitrogens with one attached hydrogen (secondary N) is 1. The lowest BCUT2D eigenvalue weighted by Crippen LogP contribution is -2.31. The zero-order chi connectivity index (χ0) is 15.7.